The summed E-state index contributed by atoms with van der Waals surface area (Å²) in [5.41, 5.74) is -0.405. The molecule has 0 fully saturated rings. The van der Waals surface area contributed by atoms with Gasteiger partial charge in [-0.05, 0) is 48.7 Å². The van der Waals surface area contributed by atoms with Crippen molar-refractivity contribution in [2.24, 2.45) is 0 Å². The number of carboxylic acids is 1. The number of carboxylic acid groups (broad SMARTS) is 1. The van der Waals surface area contributed by atoms with Gasteiger partial charge in [-0.3, -0.25) is 15.2 Å². The number of carbonyl (C=O) groups is 3. The van der Waals surface area contributed by atoms with Gasteiger partial charge < -0.3 is 20.5 Å². The van der Waals surface area contributed by atoms with Crippen LogP contribution in [0.5, 0.6) is 0 Å². The third kappa shape index (κ3) is 6.84. The highest BCUT2D eigenvalue weighted by Gasteiger charge is 2.42. The minimum atomic E-state index is -2.10. The molecule has 2 aromatic carbocycles. The Morgan fingerprint density at radius 3 is 2.55 bits per heavy atom. The van der Waals surface area contributed by atoms with E-state index in [1.54, 1.807) is 54.9 Å². The molecule has 1 unspecified atom stereocenters. The van der Waals surface area contributed by atoms with E-state index < -0.39 is 23.6 Å². The summed E-state index contributed by atoms with van der Waals surface area (Å²) in [6.45, 7) is 0.470. The predicted molar refractivity (Wildman–Crippen MR) is 140 cm³/mol. The van der Waals surface area contributed by atoms with Crippen molar-refractivity contribution in [3.63, 3.8) is 0 Å². The van der Waals surface area contributed by atoms with Gasteiger partial charge in [0.15, 0.2) is 0 Å². The molecule has 1 atom stereocenters. The second kappa shape index (κ2) is 12.3. The van der Waals surface area contributed by atoms with Gasteiger partial charge in [-0.2, -0.15) is 5.10 Å². The van der Waals surface area contributed by atoms with Crippen LogP contribution in [0.25, 0.3) is 10.9 Å². The molecule has 0 saturated heterocycles. The molecule has 0 aliphatic carbocycles. The van der Waals surface area contributed by atoms with E-state index in [1.807, 2.05) is 24.3 Å². The summed E-state index contributed by atoms with van der Waals surface area (Å²) >= 11 is 0. The minimum absolute atomic E-state index is 0.0541. The van der Waals surface area contributed by atoms with E-state index in [1.165, 1.54) is 0 Å². The van der Waals surface area contributed by atoms with Crippen LogP contribution >= 0.6 is 0 Å². The molecule has 0 radical (unpaired) electrons. The number of unbranched alkanes of at least 4 members (excludes halogenated alkanes) is 1. The van der Waals surface area contributed by atoms with E-state index in [2.05, 4.69) is 31.1 Å². The Bertz CT molecular complexity index is 1380. The number of H-pyrrole nitrogens is 1. The topological polar surface area (TPSA) is 158 Å². The van der Waals surface area contributed by atoms with Crippen LogP contribution in [0.2, 0.25) is 0 Å². The number of anilines is 1. The van der Waals surface area contributed by atoms with Gasteiger partial charge in [-0.15, -0.1) is 0 Å². The monoisotopic (exact) mass is 516 g/mol. The van der Waals surface area contributed by atoms with Gasteiger partial charge in [-0.1, -0.05) is 36.4 Å². The van der Waals surface area contributed by atoms with Crippen LogP contribution in [-0.2, 0) is 16.1 Å². The van der Waals surface area contributed by atoms with Gasteiger partial charge in [0.1, 0.15) is 12.4 Å². The first-order valence-electron chi connectivity index (χ1n) is 12.1. The van der Waals surface area contributed by atoms with Gasteiger partial charge in [0.05, 0.1) is 11.7 Å². The smallest absolute Gasteiger partial charge is 0.409 e. The zero-order valence-electron chi connectivity index (χ0n) is 20.5. The minimum Gasteiger partial charge on any atom is -0.478 e. The van der Waals surface area contributed by atoms with Crippen molar-refractivity contribution in [3.05, 3.63) is 90.3 Å². The third-order valence-corrected chi connectivity index (χ3v) is 5.87. The van der Waals surface area contributed by atoms with E-state index in [0.29, 0.717) is 30.6 Å². The standard InChI is InChI=1S/C27H28N6O5/c34-24(20-11-12-22-21(16-20)17-30-33-22)31-27(25(35)36,13-5-7-15-29-23-10-4-6-14-28-23)32-26(37)38-18-19-8-2-1-3-9-19/h1-4,6,8-12,14,16-17H,5,7,13,15,18H2,(H,28,29)(H,30,33)(H,31,34)(H,32,37)(H,35,36). The van der Waals surface area contributed by atoms with Crippen LogP contribution in [0.1, 0.15) is 35.2 Å². The van der Waals surface area contributed by atoms with Gasteiger partial charge in [-0.25, -0.2) is 14.6 Å². The number of fused-ring (bicyclic) bond motifs is 1. The molecule has 11 heteroatoms. The van der Waals surface area contributed by atoms with Crippen LogP contribution in [0.15, 0.2) is 79.1 Å². The number of ether oxygens (including phenoxy) is 1. The summed E-state index contributed by atoms with van der Waals surface area (Å²) in [5.74, 6) is -1.38. The molecular weight excluding hydrogens is 488 g/mol. The molecule has 0 bridgehead atoms. The number of carbonyl (C=O) groups excluding carboxylic acids is 2. The first kappa shape index (κ1) is 26.1. The summed E-state index contributed by atoms with van der Waals surface area (Å²) in [6.07, 6.45) is 3.11. The number of benzene rings is 2. The summed E-state index contributed by atoms with van der Waals surface area (Å²) in [5, 5.41) is 25.7. The van der Waals surface area contributed by atoms with Crippen LogP contribution in [0.3, 0.4) is 0 Å². The summed E-state index contributed by atoms with van der Waals surface area (Å²) in [4.78, 5) is 42.5. The number of aliphatic carboxylic acids is 1. The molecule has 0 aliphatic rings. The highest BCUT2D eigenvalue weighted by molar-refractivity contribution is 6.01. The van der Waals surface area contributed by atoms with Crippen molar-refractivity contribution in [2.45, 2.75) is 31.5 Å². The fourth-order valence-corrected chi connectivity index (χ4v) is 3.85. The Morgan fingerprint density at radius 2 is 1.79 bits per heavy atom. The first-order chi connectivity index (χ1) is 18.4. The van der Waals surface area contributed by atoms with E-state index in [4.69, 9.17) is 4.74 Å². The molecule has 4 aromatic rings. The summed E-state index contributed by atoms with van der Waals surface area (Å²) < 4.78 is 5.26. The van der Waals surface area contributed by atoms with Crippen molar-refractivity contribution in [2.75, 3.05) is 11.9 Å². The number of aromatic nitrogens is 3. The lowest BCUT2D eigenvalue weighted by Crippen LogP contribution is -2.65. The van der Waals surface area contributed by atoms with E-state index in [0.717, 1.165) is 11.1 Å². The number of nitrogens with zero attached hydrogens (tertiary/aromatic N) is 2. The van der Waals surface area contributed by atoms with E-state index in [-0.39, 0.29) is 18.6 Å². The van der Waals surface area contributed by atoms with E-state index in [9.17, 15) is 19.5 Å². The molecule has 2 heterocycles. The first-order valence-corrected chi connectivity index (χ1v) is 12.1. The van der Waals surface area contributed by atoms with Crippen LogP contribution in [-0.4, -0.2) is 50.5 Å². The zero-order chi connectivity index (χ0) is 26.8. The number of rotatable bonds is 12. The Labute approximate surface area is 218 Å². The van der Waals surface area contributed by atoms with Crippen molar-refractivity contribution in [3.8, 4) is 0 Å². The van der Waals surface area contributed by atoms with Crippen molar-refractivity contribution in [1.29, 1.82) is 0 Å². The molecule has 2 aromatic heterocycles. The predicted octanol–water partition coefficient (Wildman–Crippen LogP) is 3.68. The molecule has 0 saturated carbocycles. The maximum atomic E-state index is 13.1. The van der Waals surface area contributed by atoms with Crippen LogP contribution in [0, 0.1) is 0 Å². The summed E-state index contributed by atoms with van der Waals surface area (Å²) in [6, 6.07) is 19.3. The quantitative estimate of drug-likeness (QED) is 0.141. The fourth-order valence-electron chi connectivity index (χ4n) is 3.85. The molecule has 0 spiro atoms. The average molecular weight is 517 g/mol. The molecule has 4 rings (SSSR count). The lowest BCUT2D eigenvalue weighted by molar-refractivity contribution is -0.146. The Kier molecular flexibility index (Phi) is 8.50. The highest BCUT2D eigenvalue weighted by atomic mass is 16.5. The van der Waals surface area contributed by atoms with Crippen LogP contribution < -0.4 is 16.0 Å². The lowest BCUT2D eigenvalue weighted by Gasteiger charge is -2.31. The molecule has 196 valence electrons. The van der Waals surface area contributed by atoms with Crippen molar-refractivity contribution in [1.82, 2.24) is 25.8 Å². The normalized spacial score (nSPS) is 12.3. The third-order valence-electron chi connectivity index (χ3n) is 5.87. The number of hydrogen-bond acceptors (Lipinski definition) is 7. The maximum Gasteiger partial charge on any atom is 0.409 e. The Hall–Kier alpha value is -4.93. The number of hydrogen-bond donors (Lipinski definition) is 5. The van der Waals surface area contributed by atoms with Crippen molar-refractivity contribution >= 4 is 34.7 Å². The number of nitrogens with one attached hydrogen (secondary N) is 4. The fraction of sp³-hybridized carbons (Fsp3) is 0.222. The number of alkyl carbamates (subject to hydrolysis) is 1. The number of amides is 2. The largest absolute Gasteiger partial charge is 0.478 e. The molecular formula is C27H28N6O5. The van der Waals surface area contributed by atoms with Gasteiger partial charge in [0.2, 0.25) is 5.66 Å². The molecule has 38 heavy (non-hydrogen) atoms. The van der Waals surface area contributed by atoms with Gasteiger partial charge in [0, 0.05) is 30.1 Å². The second-order valence-corrected chi connectivity index (χ2v) is 8.62. The molecule has 0 aliphatic heterocycles. The SMILES string of the molecule is O=C(NC(CCCCNc1ccccn1)(NC(=O)c1ccc2[nH]ncc2c1)C(=O)O)OCc1ccccc1. The maximum absolute atomic E-state index is 13.1. The molecule has 5 N–H and O–H groups in total. The Morgan fingerprint density at radius 1 is 0.974 bits per heavy atom. The second-order valence-electron chi connectivity index (χ2n) is 8.62. The zero-order valence-corrected chi connectivity index (χ0v) is 20.5. The molecule has 11 nitrogen and oxygen atoms in total. The molecule has 2 amide bonds. The summed E-state index contributed by atoms with van der Waals surface area (Å²) in [7, 11) is 0. The van der Waals surface area contributed by atoms with Crippen molar-refractivity contribution < 1.29 is 24.2 Å². The number of pyridine rings is 1. The van der Waals surface area contributed by atoms with Gasteiger partial charge in [0.25, 0.3) is 5.91 Å². The highest BCUT2D eigenvalue weighted by Crippen LogP contribution is 2.18. The van der Waals surface area contributed by atoms with E-state index >= 15 is 0 Å². The van der Waals surface area contributed by atoms with Crippen LogP contribution in [0.4, 0.5) is 10.6 Å². The number of aromatic amines is 1. The van der Waals surface area contributed by atoms with Gasteiger partial charge >= 0.3 is 12.1 Å². The average Bonchev–Trinajstić information content (AvgIpc) is 3.41. The lowest BCUT2D eigenvalue weighted by atomic mass is 10.0. The Balaban J connectivity index is 1.46.